The first-order chi connectivity index (χ1) is 15.7. The Morgan fingerprint density at radius 1 is 1.12 bits per heavy atom. The van der Waals surface area contributed by atoms with Gasteiger partial charge < -0.3 is 9.73 Å². The van der Waals surface area contributed by atoms with Crippen molar-refractivity contribution < 1.29 is 13.6 Å². The van der Waals surface area contributed by atoms with Crippen molar-refractivity contribution >= 4 is 44.4 Å². The van der Waals surface area contributed by atoms with E-state index >= 15 is 0 Å². The van der Waals surface area contributed by atoms with Crippen molar-refractivity contribution in [2.45, 2.75) is 11.7 Å². The second-order valence-corrected chi connectivity index (χ2v) is 8.78. The van der Waals surface area contributed by atoms with E-state index in [1.54, 1.807) is 12.3 Å². The molecule has 10 heteroatoms. The molecule has 3 aromatic heterocycles. The van der Waals surface area contributed by atoms with Crippen LogP contribution >= 0.6 is 23.1 Å². The Bertz CT molecular complexity index is 1370. The molecule has 0 saturated heterocycles. The Morgan fingerprint density at radius 3 is 2.81 bits per heavy atom. The molecule has 5 aromatic rings. The number of thiazole rings is 1. The molecular formula is C22H16FN5O2S2. The molecule has 0 aliphatic carbocycles. The van der Waals surface area contributed by atoms with Gasteiger partial charge in [0.1, 0.15) is 11.6 Å². The molecule has 5 rings (SSSR count). The second kappa shape index (κ2) is 8.93. The van der Waals surface area contributed by atoms with E-state index < -0.39 is 0 Å². The van der Waals surface area contributed by atoms with Crippen LogP contribution in [0.2, 0.25) is 0 Å². The van der Waals surface area contributed by atoms with Crippen molar-refractivity contribution in [1.29, 1.82) is 0 Å². The molecule has 160 valence electrons. The van der Waals surface area contributed by atoms with E-state index in [0.29, 0.717) is 32.9 Å². The Labute approximate surface area is 190 Å². The van der Waals surface area contributed by atoms with Gasteiger partial charge in [0.05, 0.1) is 28.8 Å². The van der Waals surface area contributed by atoms with Crippen LogP contribution in [0.3, 0.4) is 0 Å². The number of nitrogens with one attached hydrogen (secondary N) is 1. The third-order valence-electron chi connectivity index (χ3n) is 4.57. The number of furan rings is 1. The lowest BCUT2D eigenvalue weighted by atomic mass is 10.2. The summed E-state index contributed by atoms with van der Waals surface area (Å²) in [5.41, 5.74) is 1.56. The van der Waals surface area contributed by atoms with Gasteiger partial charge in [0.2, 0.25) is 5.91 Å². The topological polar surface area (TPSA) is 85.8 Å². The number of thioether (sulfide) groups is 1. The fourth-order valence-electron chi connectivity index (χ4n) is 3.13. The first kappa shape index (κ1) is 20.4. The van der Waals surface area contributed by atoms with Crippen molar-refractivity contribution in [2.75, 3.05) is 11.1 Å². The molecular weight excluding hydrogens is 449 g/mol. The number of hydrogen-bond donors (Lipinski definition) is 1. The Hall–Kier alpha value is -3.50. The zero-order chi connectivity index (χ0) is 21.9. The predicted octanol–water partition coefficient (Wildman–Crippen LogP) is 5.07. The van der Waals surface area contributed by atoms with Crippen molar-refractivity contribution in [2.24, 2.45) is 0 Å². The number of carbonyl (C=O) groups is 1. The lowest BCUT2D eigenvalue weighted by molar-refractivity contribution is -0.113. The van der Waals surface area contributed by atoms with E-state index in [-0.39, 0.29) is 17.5 Å². The first-order valence-electron chi connectivity index (χ1n) is 9.65. The Morgan fingerprint density at radius 2 is 2.00 bits per heavy atom. The maximum Gasteiger partial charge on any atom is 0.236 e. The molecule has 0 unspecified atom stereocenters. The van der Waals surface area contributed by atoms with Crippen LogP contribution in [0, 0.1) is 5.82 Å². The summed E-state index contributed by atoms with van der Waals surface area (Å²) in [6.45, 7) is 0.442. The molecule has 0 atom stereocenters. The highest BCUT2D eigenvalue weighted by Gasteiger charge is 2.17. The summed E-state index contributed by atoms with van der Waals surface area (Å²) < 4.78 is 21.5. The van der Waals surface area contributed by atoms with Gasteiger partial charge in [-0.1, -0.05) is 53.4 Å². The van der Waals surface area contributed by atoms with Crippen LogP contribution < -0.4 is 5.32 Å². The molecule has 0 bridgehead atoms. The summed E-state index contributed by atoms with van der Waals surface area (Å²) in [4.78, 5) is 16.8. The van der Waals surface area contributed by atoms with Gasteiger partial charge in [-0.25, -0.2) is 9.37 Å². The molecule has 2 aromatic carbocycles. The van der Waals surface area contributed by atoms with E-state index in [2.05, 4.69) is 20.5 Å². The van der Waals surface area contributed by atoms with Crippen molar-refractivity contribution in [3.8, 4) is 11.4 Å². The molecule has 1 amide bonds. The van der Waals surface area contributed by atoms with Gasteiger partial charge in [-0.2, -0.15) is 0 Å². The summed E-state index contributed by atoms with van der Waals surface area (Å²) in [5, 5.41) is 12.4. The lowest BCUT2D eigenvalue weighted by Gasteiger charge is -2.08. The second-order valence-electron chi connectivity index (χ2n) is 6.81. The largest absolute Gasteiger partial charge is 0.467 e. The van der Waals surface area contributed by atoms with Crippen molar-refractivity contribution in [1.82, 2.24) is 19.7 Å². The summed E-state index contributed by atoms with van der Waals surface area (Å²) in [6.07, 6.45) is 1.62. The third kappa shape index (κ3) is 4.41. The normalized spacial score (nSPS) is 11.2. The van der Waals surface area contributed by atoms with E-state index in [4.69, 9.17) is 4.42 Å². The number of halogens is 1. The fraction of sp³-hybridized carbons (Fsp3) is 0.0909. The average molecular weight is 466 g/mol. The van der Waals surface area contributed by atoms with E-state index in [1.807, 2.05) is 47.0 Å². The molecule has 7 nitrogen and oxygen atoms in total. The zero-order valence-corrected chi connectivity index (χ0v) is 18.2. The highest BCUT2D eigenvalue weighted by Crippen LogP contribution is 2.28. The number of amides is 1. The van der Waals surface area contributed by atoms with Gasteiger partial charge in [0, 0.05) is 5.56 Å². The summed E-state index contributed by atoms with van der Waals surface area (Å²) >= 11 is 2.50. The quantitative estimate of drug-likeness (QED) is 0.338. The number of hydrogen-bond acceptors (Lipinski definition) is 7. The highest BCUT2D eigenvalue weighted by molar-refractivity contribution is 7.99. The minimum atomic E-state index is -0.334. The number of benzene rings is 2. The molecule has 32 heavy (non-hydrogen) atoms. The van der Waals surface area contributed by atoms with Crippen LogP contribution in [0.15, 0.2) is 76.5 Å². The van der Waals surface area contributed by atoms with Crippen LogP contribution in [0.4, 0.5) is 9.52 Å². The molecule has 0 radical (unpaired) electrons. The molecule has 0 aliphatic heterocycles. The van der Waals surface area contributed by atoms with Crippen LogP contribution in [-0.2, 0) is 11.3 Å². The Balaban J connectivity index is 1.32. The number of rotatable bonds is 7. The van der Waals surface area contributed by atoms with Gasteiger partial charge in [0.25, 0.3) is 0 Å². The third-order valence-corrected chi connectivity index (χ3v) is 6.47. The smallest absolute Gasteiger partial charge is 0.236 e. The summed E-state index contributed by atoms with van der Waals surface area (Å²) in [6, 6.07) is 17.8. The average Bonchev–Trinajstić information content (AvgIpc) is 3.53. The van der Waals surface area contributed by atoms with Crippen molar-refractivity contribution in [3.63, 3.8) is 0 Å². The number of anilines is 1. The van der Waals surface area contributed by atoms with E-state index in [1.165, 1.54) is 35.2 Å². The maximum absolute atomic E-state index is 13.4. The van der Waals surface area contributed by atoms with Gasteiger partial charge >= 0.3 is 0 Å². The van der Waals surface area contributed by atoms with Gasteiger partial charge in [-0.05, 0) is 30.3 Å². The summed E-state index contributed by atoms with van der Waals surface area (Å²) in [5.74, 6) is 1.01. The number of fused-ring (bicyclic) bond motifs is 1. The van der Waals surface area contributed by atoms with Gasteiger partial charge in [0.15, 0.2) is 16.1 Å². The molecule has 1 N–H and O–H groups in total. The van der Waals surface area contributed by atoms with Crippen LogP contribution in [0.25, 0.3) is 21.6 Å². The SMILES string of the molecule is O=C(CSc1nnc(-c2ccccc2)n1Cc1ccco1)Nc1nc2ccc(F)cc2s1. The van der Waals surface area contributed by atoms with Gasteiger partial charge in [-0.3, -0.25) is 9.36 Å². The van der Waals surface area contributed by atoms with E-state index in [9.17, 15) is 9.18 Å². The molecule has 3 heterocycles. The first-order valence-corrected chi connectivity index (χ1v) is 11.5. The minimum Gasteiger partial charge on any atom is -0.467 e. The van der Waals surface area contributed by atoms with Crippen LogP contribution in [0.1, 0.15) is 5.76 Å². The van der Waals surface area contributed by atoms with Gasteiger partial charge in [-0.15, -0.1) is 10.2 Å². The van der Waals surface area contributed by atoms with Crippen molar-refractivity contribution in [3.05, 3.63) is 78.5 Å². The van der Waals surface area contributed by atoms with E-state index in [0.717, 1.165) is 11.3 Å². The zero-order valence-electron chi connectivity index (χ0n) is 16.6. The molecule has 0 spiro atoms. The minimum absolute atomic E-state index is 0.120. The number of nitrogens with zero attached hydrogens (tertiary/aromatic N) is 4. The fourth-order valence-corrected chi connectivity index (χ4v) is 4.78. The maximum atomic E-state index is 13.4. The van der Waals surface area contributed by atoms with Crippen LogP contribution in [0.5, 0.6) is 0 Å². The lowest BCUT2D eigenvalue weighted by Crippen LogP contribution is -2.14. The predicted molar refractivity (Wildman–Crippen MR) is 122 cm³/mol. The highest BCUT2D eigenvalue weighted by atomic mass is 32.2. The van der Waals surface area contributed by atoms with Crippen LogP contribution in [-0.4, -0.2) is 31.4 Å². The Kier molecular flexibility index (Phi) is 5.70. The number of aromatic nitrogens is 4. The molecule has 0 fully saturated rings. The summed E-state index contributed by atoms with van der Waals surface area (Å²) in [7, 11) is 0. The standard InChI is InChI=1S/C22H16FN5O2S2/c23-15-8-9-17-18(11-15)32-21(24-17)25-19(29)13-31-22-27-26-20(14-5-2-1-3-6-14)28(22)12-16-7-4-10-30-16/h1-11H,12-13H2,(H,24,25,29). The molecule has 0 aliphatic rings. The molecule has 0 saturated carbocycles. The monoisotopic (exact) mass is 465 g/mol. The number of carbonyl (C=O) groups excluding carboxylic acids is 1.